The molecule has 2 heteroatoms. The summed E-state index contributed by atoms with van der Waals surface area (Å²) in [5.41, 5.74) is 1.69. The second-order valence-corrected chi connectivity index (χ2v) is 6.51. The Kier molecular flexibility index (Phi) is 3.62. The smallest absolute Gasteiger partial charge is 0.0260 e. The van der Waals surface area contributed by atoms with Crippen molar-refractivity contribution in [1.29, 1.82) is 0 Å². The number of nitrogens with zero attached hydrogens (tertiary/aromatic N) is 2. The van der Waals surface area contributed by atoms with Gasteiger partial charge in [0.2, 0.25) is 0 Å². The molecule has 0 aliphatic carbocycles. The highest BCUT2D eigenvalue weighted by atomic mass is 15.2. The first-order valence-electron chi connectivity index (χ1n) is 6.82. The zero-order chi connectivity index (χ0) is 12.5. The zero-order valence-electron chi connectivity index (χ0n) is 11.7. The van der Waals surface area contributed by atoms with E-state index in [9.17, 15) is 0 Å². The summed E-state index contributed by atoms with van der Waals surface area (Å²) in [7, 11) is 0. The average Bonchev–Trinajstić information content (AvgIpc) is 2.63. The number of aryl methyl sites for hydroxylation is 1. The van der Waals surface area contributed by atoms with Gasteiger partial charge in [-0.1, -0.05) is 0 Å². The van der Waals surface area contributed by atoms with E-state index < -0.39 is 0 Å². The molecule has 0 N–H and O–H groups in total. The number of likely N-dealkylation sites (tertiary alicyclic amines) is 1. The molecule has 2 nitrogen and oxygen atoms in total. The normalized spacial score (nSPS) is 22.9. The van der Waals surface area contributed by atoms with Gasteiger partial charge in [0.25, 0.3) is 0 Å². The first-order chi connectivity index (χ1) is 7.95. The molecule has 0 spiro atoms. The Labute approximate surface area is 106 Å². The van der Waals surface area contributed by atoms with E-state index in [-0.39, 0.29) is 0 Å². The lowest BCUT2D eigenvalue weighted by Crippen LogP contribution is -2.47. The molecule has 0 bridgehead atoms. The van der Waals surface area contributed by atoms with Gasteiger partial charge >= 0.3 is 0 Å². The molecule has 1 aliphatic heterocycles. The third-order valence-corrected chi connectivity index (χ3v) is 3.84. The summed E-state index contributed by atoms with van der Waals surface area (Å²) in [5.74, 6) is 0.815. The van der Waals surface area contributed by atoms with Crippen LogP contribution < -0.4 is 0 Å². The van der Waals surface area contributed by atoms with Crippen LogP contribution in [0.15, 0.2) is 18.5 Å². The molecule has 1 aromatic heterocycles. The second-order valence-electron chi connectivity index (χ2n) is 6.51. The van der Waals surface area contributed by atoms with Crippen LogP contribution in [0.25, 0.3) is 0 Å². The molecule has 1 atom stereocenters. The highest BCUT2D eigenvalue weighted by molar-refractivity contribution is 5.07. The fraction of sp³-hybridized carbons (Fsp3) is 0.733. The summed E-state index contributed by atoms with van der Waals surface area (Å²) in [6.07, 6.45) is 7.20. The molecule has 0 radical (unpaired) electrons. The topological polar surface area (TPSA) is 8.17 Å². The fourth-order valence-electron chi connectivity index (χ4n) is 2.80. The van der Waals surface area contributed by atoms with Crippen LogP contribution >= 0.6 is 0 Å². The summed E-state index contributed by atoms with van der Waals surface area (Å²) in [6.45, 7) is 12.9. The molecule has 17 heavy (non-hydrogen) atoms. The Balaban J connectivity index is 1.94. The predicted molar refractivity (Wildman–Crippen MR) is 73.2 cm³/mol. The summed E-state index contributed by atoms with van der Waals surface area (Å²) < 4.78 is 2.35. The van der Waals surface area contributed by atoms with Crippen LogP contribution in [0.3, 0.4) is 0 Å². The summed E-state index contributed by atoms with van der Waals surface area (Å²) in [6, 6.07) is 2.20. The zero-order valence-corrected chi connectivity index (χ0v) is 11.7. The first-order valence-corrected chi connectivity index (χ1v) is 6.82. The van der Waals surface area contributed by atoms with Crippen LogP contribution in [-0.2, 0) is 6.54 Å². The first kappa shape index (κ1) is 12.7. The molecule has 96 valence electrons. The molecule has 1 saturated heterocycles. The maximum absolute atomic E-state index is 2.64. The van der Waals surface area contributed by atoms with E-state index in [0.717, 1.165) is 5.92 Å². The van der Waals surface area contributed by atoms with Gasteiger partial charge in [-0.25, -0.2) is 0 Å². The highest BCUT2D eigenvalue weighted by Gasteiger charge is 2.27. The third-order valence-electron chi connectivity index (χ3n) is 3.84. The molecular weight excluding hydrogens is 208 g/mol. The monoisotopic (exact) mass is 234 g/mol. The quantitative estimate of drug-likeness (QED) is 0.762. The van der Waals surface area contributed by atoms with Gasteiger partial charge < -0.3 is 4.57 Å². The minimum Gasteiger partial charge on any atom is -0.354 e. The van der Waals surface area contributed by atoms with E-state index in [1.807, 2.05) is 0 Å². The number of aromatic nitrogens is 1. The van der Waals surface area contributed by atoms with Crippen molar-refractivity contribution in [2.75, 3.05) is 13.1 Å². The van der Waals surface area contributed by atoms with Crippen LogP contribution in [0, 0.1) is 12.8 Å². The Morgan fingerprint density at radius 1 is 1.35 bits per heavy atom. The third kappa shape index (κ3) is 3.35. The predicted octanol–water partition coefficient (Wildman–Crippen LogP) is 3.31. The Morgan fingerprint density at radius 2 is 2.12 bits per heavy atom. The van der Waals surface area contributed by atoms with Gasteiger partial charge in [0.05, 0.1) is 0 Å². The van der Waals surface area contributed by atoms with E-state index in [1.54, 1.807) is 0 Å². The molecule has 0 amide bonds. The molecular formula is C15H26N2. The van der Waals surface area contributed by atoms with Crippen LogP contribution in [0.2, 0.25) is 0 Å². The standard InChI is InChI=1S/C15H26N2/c1-13-7-9-16(10-13)11-14-6-5-8-17(12-14)15(2,3)4/h7,9-10,14H,5-6,8,11-12H2,1-4H3/t14-/m1/s1. The molecule has 0 aromatic carbocycles. The SMILES string of the molecule is Cc1ccn(C[C@H]2CCCN(C(C)(C)C)C2)c1. The molecule has 1 aliphatic rings. The number of hydrogen-bond acceptors (Lipinski definition) is 1. The number of piperidine rings is 1. The Hall–Kier alpha value is -0.760. The van der Waals surface area contributed by atoms with Crippen LogP contribution in [0.4, 0.5) is 0 Å². The van der Waals surface area contributed by atoms with E-state index >= 15 is 0 Å². The van der Waals surface area contributed by atoms with Crippen molar-refractivity contribution in [2.45, 2.75) is 52.6 Å². The molecule has 2 heterocycles. The van der Waals surface area contributed by atoms with Gasteiger partial charge in [-0.15, -0.1) is 0 Å². The largest absolute Gasteiger partial charge is 0.354 e. The fourth-order valence-corrected chi connectivity index (χ4v) is 2.80. The van der Waals surface area contributed by atoms with Gasteiger partial charge in [0.15, 0.2) is 0 Å². The van der Waals surface area contributed by atoms with Crippen LogP contribution in [0.5, 0.6) is 0 Å². The maximum atomic E-state index is 2.64. The Morgan fingerprint density at radius 3 is 2.71 bits per heavy atom. The molecule has 1 aromatic rings. The Bertz CT molecular complexity index is 359. The number of hydrogen-bond donors (Lipinski definition) is 0. The average molecular weight is 234 g/mol. The second kappa shape index (κ2) is 4.85. The lowest BCUT2D eigenvalue weighted by atomic mass is 9.93. The molecule has 2 rings (SSSR count). The van der Waals surface area contributed by atoms with Crippen molar-refractivity contribution >= 4 is 0 Å². The lowest BCUT2D eigenvalue weighted by molar-refractivity contribution is 0.0734. The lowest BCUT2D eigenvalue weighted by Gasteiger charge is -2.41. The van der Waals surface area contributed by atoms with E-state index in [0.29, 0.717) is 5.54 Å². The summed E-state index contributed by atoms with van der Waals surface area (Å²) in [4.78, 5) is 2.64. The summed E-state index contributed by atoms with van der Waals surface area (Å²) in [5, 5.41) is 0. The van der Waals surface area contributed by atoms with Gasteiger partial charge in [-0.05, 0) is 64.6 Å². The number of rotatable bonds is 2. The van der Waals surface area contributed by atoms with Gasteiger partial charge in [0, 0.05) is 31.0 Å². The molecule has 1 fully saturated rings. The summed E-state index contributed by atoms with van der Waals surface area (Å²) >= 11 is 0. The minimum absolute atomic E-state index is 0.325. The van der Waals surface area contributed by atoms with Crippen LogP contribution in [-0.4, -0.2) is 28.1 Å². The van der Waals surface area contributed by atoms with Crippen molar-refractivity contribution in [3.8, 4) is 0 Å². The van der Waals surface area contributed by atoms with Crippen molar-refractivity contribution < 1.29 is 0 Å². The van der Waals surface area contributed by atoms with E-state index in [1.165, 1.54) is 38.0 Å². The van der Waals surface area contributed by atoms with Crippen molar-refractivity contribution in [3.05, 3.63) is 24.0 Å². The molecule has 0 saturated carbocycles. The van der Waals surface area contributed by atoms with Crippen molar-refractivity contribution in [2.24, 2.45) is 5.92 Å². The van der Waals surface area contributed by atoms with E-state index in [2.05, 4.69) is 55.6 Å². The van der Waals surface area contributed by atoms with Crippen molar-refractivity contribution in [3.63, 3.8) is 0 Å². The molecule has 0 unspecified atom stereocenters. The van der Waals surface area contributed by atoms with Gasteiger partial charge in [-0.2, -0.15) is 0 Å². The van der Waals surface area contributed by atoms with Crippen molar-refractivity contribution in [1.82, 2.24) is 9.47 Å². The maximum Gasteiger partial charge on any atom is 0.0260 e. The highest BCUT2D eigenvalue weighted by Crippen LogP contribution is 2.24. The minimum atomic E-state index is 0.325. The van der Waals surface area contributed by atoms with E-state index in [4.69, 9.17) is 0 Å². The van der Waals surface area contributed by atoms with Gasteiger partial charge in [-0.3, -0.25) is 4.90 Å². The van der Waals surface area contributed by atoms with Crippen LogP contribution in [0.1, 0.15) is 39.2 Å². The van der Waals surface area contributed by atoms with Gasteiger partial charge in [0.1, 0.15) is 0 Å².